The summed E-state index contributed by atoms with van der Waals surface area (Å²) in [7, 11) is 1.49. The van der Waals surface area contributed by atoms with Gasteiger partial charge in [-0.3, -0.25) is 4.79 Å². The van der Waals surface area contributed by atoms with Crippen LogP contribution in [0.25, 0.3) is 0 Å². The molecule has 0 bridgehead atoms. The smallest absolute Gasteiger partial charge is 0.418 e. The standard InChI is InChI=1S/C19H19ClF3NO3/c1-3-8-27-11-13-9-12(4-7-17(13)26-2)18(25)24-16-6-5-14(20)10-15(16)19(21,22)23/h4-7,9-10H,3,8,11H2,1-2H3,(H,24,25). The second-order valence-corrected chi connectivity index (χ2v) is 6.16. The molecule has 0 spiro atoms. The quantitative estimate of drug-likeness (QED) is 0.619. The molecule has 0 fully saturated rings. The summed E-state index contributed by atoms with van der Waals surface area (Å²) < 4.78 is 50.2. The van der Waals surface area contributed by atoms with Crippen molar-refractivity contribution in [2.75, 3.05) is 19.0 Å². The van der Waals surface area contributed by atoms with Crippen LogP contribution in [0.3, 0.4) is 0 Å². The highest BCUT2D eigenvalue weighted by atomic mass is 35.5. The maximum Gasteiger partial charge on any atom is 0.418 e. The average molecular weight is 402 g/mol. The fourth-order valence-corrected chi connectivity index (χ4v) is 2.59. The number of anilines is 1. The Hall–Kier alpha value is -2.25. The number of carbonyl (C=O) groups is 1. The van der Waals surface area contributed by atoms with E-state index in [2.05, 4.69) is 5.32 Å². The lowest BCUT2D eigenvalue weighted by Crippen LogP contribution is -2.17. The van der Waals surface area contributed by atoms with Gasteiger partial charge in [-0.15, -0.1) is 0 Å². The second-order valence-electron chi connectivity index (χ2n) is 5.72. The summed E-state index contributed by atoms with van der Waals surface area (Å²) in [5, 5.41) is 2.22. The molecule has 0 aliphatic heterocycles. The monoisotopic (exact) mass is 401 g/mol. The van der Waals surface area contributed by atoms with E-state index < -0.39 is 17.6 Å². The lowest BCUT2D eigenvalue weighted by molar-refractivity contribution is -0.136. The van der Waals surface area contributed by atoms with Gasteiger partial charge in [0, 0.05) is 22.8 Å². The first-order valence-electron chi connectivity index (χ1n) is 8.19. The number of methoxy groups -OCH3 is 1. The maximum atomic E-state index is 13.2. The Kier molecular flexibility index (Phi) is 7.10. The van der Waals surface area contributed by atoms with Crippen molar-refractivity contribution in [3.8, 4) is 5.75 Å². The minimum Gasteiger partial charge on any atom is -0.496 e. The van der Waals surface area contributed by atoms with Crippen LogP contribution in [0.5, 0.6) is 5.75 Å². The second kappa shape index (κ2) is 9.10. The molecule has 0 saturated heterocycles. The first-order chi connectivity index (χ1) is 12.8. The number of ether oxygens (including phenoxy) is 2. The third-order valence-corrected chi connectivity index (χ3v) is 3.92. The minimum absolute atomic E-state index is 0.0693. The molecule has 1 amide bonds. The molecule has 2 aromatic carbocycles. The number of carbonyl (C=O) groups excluding carboxylic acids is 1. The highest BCUT2D eigenvalue weighted by Crippen LogP contribution is 2.36. The number of hydrogen-bond acceptors (Lipinski definition) is 3. The molecule has 0 heterocycles. The van der Waals surface area contributed by atoms with Gasteiger partial charge in [-0.2, -0.15) is 13.2 Å². The van der Waals surface area contributed by atoms with Gasteiger partial charge in [0.05, 0.1) is 25.0 Å². The number of alkyl halides is 3. The number of hydrogen-bond donors (Lipinski definition) is 1. The maximum absolute atomic E-state index is 13.2. The van der Waals surface area contributed by atoms with Gasteiger partial charge in [0.1, 0.15) is 5.75 Å². The van der Waals surface area contributed by atoms with Crippen LogP contribution in [0.15, 0.2) is 36.4 Å². The van der Waals surface area contributed by atoms with Gasteiger partial charge in [0.2, 0.25) is 0 Å². The fourth-order valence-electron chi connectivity index (χ4n) is 2.41. The number of amides is 1. The summed E-state index contributed by atoms with van der Waals surface area (Å²) >= 11 is 5.65. The Labute approximate surface area is 160 Å². The normalized spacial score (nSPS) is 11.3. The Balaban J connectivity index is 2.27. The Morgan fingerprint density at radius 2 is 1.93 bits per heavy atom. The van der Waals surface area contributed by atoms with Crippen molar-refractivity contribution < 1.29 is 27.4 Å². The molecular formula is C19H19ClF3NO3. The van der Waals surface area contributed by atoms with E-state index in [0.29, 0.717) is 17.9 Å². The molecule has 1 N–H and O–H groups in total. The van der Waals surface area contributed by atoms with Crippen LogP contribution in [0.2, 0.25) is 5.02 Å². The zero-order valence-electron chi connectivity index (χ0n) is 14.8. The number of halogens is 4. The van der Waals surface area contributed by atoms with Crippen molar-refractivity contribution in [1.29, 1.82) is 0 Å². The zero-order valence-corrected chi connectivity index (χ0v) is 15.6. The molecule has 2 rings (SSSR count). The van der Waals surface area contributed by atoms with Gasteiger partial charge in [0.25, 0.3) is 5.91 Å². The van der Waals surface area contributed by atoms with Crippen LogP contribution >= 0.6 is 11.6 Å². The van der Waals surface area contributed by atoms with Gasteiger partial charge in [-0.1, -0.05) is 18.5 Å². The summed E-state index contributed by atoms with van der Waals surface area (Å²) in [6.45, 7) is 2.73. The van der Waals surface area contributed by atoms with E-state index in [-0.39, 0.29) is 22.9 Å². The van der Waals surface area contributed by atoms with Crippen LogP contribution in [0.4, 0.5) is 18.9 Å². The summed E-state index contributed by atoms with van der Waals surface area (Å²) in [5.74, 6) is -0.146. The van der Waals surface area contributed by atoms with Crippen molar-refractivity contribution in [3.05, 3.63) is 58.1 Å². The average Bonchev–Trinajstić information content (AvgIpc) is 2.62. The first kappa shape index (κ1) is 21.1. The number of rotatable bonds is 7. The van der Waals surface area contributed by atoms with Crippen molar-refractivity contribution in [3.63, 3.8) is 0 Å². The van der Waals surface area contributed by atoms with Crippen molar-refractivity contribution in [2.45, 2.75) is 26.1 Å². The van der Waals surface area contributed by atoms with E-state index in [1.807, 2.05) is 6.92 Å². The SMILES string of the molecule is CCCOCc1cc(C(=O)Nc2ccc(Cl)cc2C(F)(F)F)ccc1OC. The van der Waals surface area contributed by atoms with Gasteiger partial charge >= 0.3 is 6.18 Å². The molecule has 0 aromatic heterocycles. The Morgan fingerprint density at radius 3 is 2.56 bits per heavy atom. The number of nitrogens with one attached hydrogen (secondary N) is 1. The topological polar surface area (TPSA) is 47.6 Å². The van der Waals surface area contributed by atoms with E-state index >= 15 is 0 Å². The molecular weight excluding hydrogens is 383 g/mol. The molecule has 4 nitrogen and oxygen atoms in total. The Morgan fingerprint density at radius 1 is 1.19 bits per heavy atom. The van der Waals surface area contributed by atoms with E-state index in [4.69, 9.17) is 21.1 Å². The lowest BCUT2D eigenvalue weighted by atomic mass is 10.1. The predicted octanol–water partition coefficient (Wildman–Crippen LogP) is 5.55. The third kappa shape index (κ3) is 5.61. The first-order valence-corrected chi connectivity index (χ1v) is 8.56. The molecule has 0 aliphatic carbocycles. The van der Waals surface area contributed by atoms with Gasteiger partial charge < -0.3 is 14.8 Å². The summed E-state index contributed by atoms with van der Waals surface area (Å²) in [4.78, 5) is 12.5. The largest absolute Gasteiger partial charge is 0.496 e. The van der Waals surface area contributed by atoms with Gasteiger partial charge in [-0.05, 0) is 42.8 Å². The summed E-state index contributed by atoms with van der Waals surface area (Å²) in [5.41, 5.74) is -0.556. The van der Waals surface area contributed by atoms with E-state index in [9.17, 15) is 18.0 Å². The molecule has 0 atom stereocenters. The van der Waals surface area contributed by atoms with E-state index in [0.717, 1.165) is 18.6 Å². The molecule has 0 radical (unpaired) electrons. The lowest BCUT2D eigenvalue weighted by Gasteiger charge is -2.15. The molecule has 146 valence electrons. The third-order valence-electron chi connectivity index (χ3n) is 3.68. The molecule has 8 heteroatoms. The highest BCUT2D eigenvalue weighted by molar-refractivity contribution is 6.30. The molecule has 0 unspecified atom stereocenters. The molecule has 0 aliphatic rings. The predicted molar refractivity (Wildman–Crippen MR) is 97.3 cm³/mol. The van der Waals surface area contributed by atoms with E-state index in [1.165, 1.54) is 25.3 Å². The molecule has 2 aromatic rings. The van der Waals surface area contributed by atoms with E-state index in [1.54, 1.807) is 6.07 Å². The van der Waals surface area contributed by atoms with Gasteiger partial charge in [-0.25, -0.2) is 0 Å². The van der Waals surface area contributed by atoms with Crippen molar-refractivity contribution >= 4 is 23.2 Å². The van der Waals surface area contributed by atoms with Gasteiger partial charge in [0.15, 0.2) is 0 Å². The molecule has 0 saturated carbocycles. The van der Waals surface area contributed by atoms with Crippen LogP contribution in [-0.4, -0.2) is 19.6 Å². The Bertz CT molecular complexity index is 809. The summed E-state index contributed by atoms with van der Waals surface area (Å²) in [6.07, 6.45) is -3.81. The summed E-state index contributed by atoms with van der Waals surface area (Å²) in [6, 6.07) is 7.76. The fraction of sp³-hybridized carbons (Fsp3) is 0.316. The number of benzene rings is 2. The molecule has 27 heavy (non-hydrogen) atoms. The van der Waals surface area contributed by atoms with Crippen LogP contribution in [0.1, 0.15) is 34.8 Å². The minimum atomic E-state index is -4.65. The van der Waals surface area contributed by atoms with Crippen LogP contribution < -0.4 is 10.1 Å². The van der Waals surface area contributed by atoms with Crippen LogP contribution in [-0.2, 0) is 17.5 Å². The van der Waals surface area contributed by atoms with Crippen LogP contribution in [0, 0.1) is 0 Å². The highest BCUT2D eigenvalue weighted by Gasteiger charge is 2.34. The zero-order chi connectivity index (χ0) is 20.0. The van der Waals surface area contributed by atoms with Crippen molar-refractivity contribution in [1.82, 2.24) is 0 Å². The van der Waals surface area contributed by atoms with Crippen molar-refractivity contribution in [2.24, 2.45) is 0 Å².